The number of hydrogen-bond donors (Lipinski definition) is 1. The second kappa shape index (κ2) is 9.06. The quantitative estimate of drug-likeness (QED) is 0.900. The molecule has 1 saturated heterocycles. The predicted octanol–water partition coefficient (Wildman–Crippen LogP) is 3.05. The van der Waals surface area contributed by atoms with E-state index in [2.05, 4.69) is 0 Å². The van der Waals surface area contributed by atoms with Crippen LogP contribution in [-0.2, 0) is 11.2 Å². The Kier molecular flexibility index (Phi) is 7.76. The SMILES string of the molecule is Cl.NCC1CCCCN1C(=O)CCCc1ccc(F)c(F)c1. The number of nitrogens with two attached hydrogens (primary N) is 1. The van der Waals surface area contributed by atoms with Gasteiger partial charge in [-0.25, -0.2) is 8.78 Å². The van der Waals surface area contributed by atoms with Crippen LogP contribution in [0.5, 0.6) is 0 Å². The van der Waals surface area contributed by atoms with E-state index in [-0.39, 0.29) is 24.4 Å². The van der Waals surface area contributed by atoms with Crippen molar-refractivity contribution in [3.63, 3.8) is 0 Å². The minimum atomic E-state index is -0.839. The number of amides is 1. The lowest BCUT2D eigenvalue weighted by molar-refractivity contribution is -0.134. The number of carbonyl (C=O) groups is 1. The third-order valence-corrected chi connectivity index (χ3v) is 4.06. The van der Waals surface area contributed by atoms with Gasteiger partial charge in [-0.05, 0) is 49.8 Å². The topological polar surface area (TPSA) is 46.3 Å². The molecule has 1 aliphatic rings. The molecule has 2 rings (SSSR count). The molecule has 0 radical (unpaired) electrons. The lowest BCUT2D eigenvalue weighted by atomic mass is 10.0. The maximum Gasteiger partial charge on any atom is 0.222 e. The zero-order chi connectivity index (χ0) is 15.2. The summed E-state index contributed by atoms with van der Waals surface area (Å²) >= 11 is 0. The Balaban J connectivity index is 0.00000242. The van der Waals surface area contributed by atoms with Crippen molar-refractivity contribution >= 4 is 18.3 Å². The number of likely N-dealkylation sites (tertiary alicyclic amines) is 1. The van der Waals surface area contributed by atoms with Gasteiger partial charge in [-0.1, -0.05) is 6.07 Å². The number of halogens is 3. The van der Waals surface area contributed by atoms with Gasteiger partial charge in [-0.15, -0.1) is 12.4 Å². The van der Waals surface area contributed by atoms with Gasteiger partial charge in [0.15, 0.2) is 11.6 Å². The van der Waals surface area contributed by atoms with E-state index >= 15 is 0 Å². The predicted molar refractivity (Wildman–Crippen MR) is 85.0 cm³/mol. The van der Waals surface area contributed by atoms with Crippen LogP contribution in [0.3, 0.4) is 0 Å². The summed E-state index contributed by atoms with van der Waals surface area (Å²) in [6, 6.07) is 4.05. The fourth-order valence-corrected chi connectivity index (χ4v) is 2.86. The molecule has 1 aromatic carbocycles. The highest BCUT2D eigenvalue weighted by molar-refractivity contribution is 5.85. The minimum absolute atomic E-state index is 0. The number of hydrogen-bond acceptors (Lipinski definition) is 2. The van der Waals surface area contributed by atoms with Crippen molar-refractivity contribution in [3.8, 4) is 0 Å². The molecule has 1 fully saturated rings. The molecule has 1 amide bonds. The normalized spacial score (nSPS) is 18.0. The van der Waals surface area contributed by atoms with E-state index in [4.69, 9.17) is 5.73 Å². The number of aryl methyl sites for hydroxylation is 1. The number of rotatable bonds is 5. The van der Waals surface area contributed by atoms with Gasteiger partial charge < -0.3 is 10.6 Å². The van der Waals surface area contributed by atoms with Gasteiger partial charge in [0.05, 0.1) is 0 Å². The average molecular weight is 333 g/mol. The molecule has 1 unspecified atom stereocenters. The highest BCUT2D eigenvalue weighted by Gasteiger charge is 2.24. The highest BCUT2D eigenvalue weighted by atomic mass is 35.5. The molecule has 0 saturated carbocycles. The van der Waals surface area contributed by atoms with Gasteiger partial charge in [-0.2, -0.15) is 0 Å². The van der Waals surface area contributed by atoms with E-state index in [0.717, 1.165) is 37.4 Å². The molecule has 3 nitrogen and oxygen atoms in total. The first kappa shape index (κ1) is 18.8. The first-order valence-electron chi connectivity index (χ1n) is 7.55. The van der Waals surface area contributed by atoms with Gasteiger partial charge in [-0.3, -0.25) is 4.79 Å². The number of nitrogens with zero attached hydrogens (tertiary/aromatic N) is 1. The Bertz CT molecular complexity index is 499. The smallest absolute Gasteiger partial charge is 0.222 e. The second-order valence-corrected chi connectivity index (χ2v) is 5.57. The van der Waals surface area contributed by atoms with Crippen molar-refractivity contribution in [1.82, 2.24) is 4.90 Å². The standard InChI is InChI=1S/C16H22F2N2O.ClH/c17-14-8-7-12(10-15(14)18)4-3-6-16(21)20-9-2-1-5-13(20)11-19;/h7-8,10,13H,1-6,9,11,19H2;1H. The summed E-state index contributed by atoms with van der Waals surface area (Å²) in [5, 5.41) is 0. The third-order valence-electron chi connectivity index (χ3n) is 4.06. The van der Waals surface area contributed by atoms with Crippen molar-refractivity contribution in [2.24, 2.45) is 5.73 Å². The van der Waals surface area contributed by atoms with E-state index in [1.807, 2.05) is 4.90 Å². The van der Waals surface area contributed by atoms with Crippen LogP contribution in [0.2, 0.25) is 0 Å². The summed E-state index contributed by atoms with van der Waals surface area (Å²) in [5.41, 5.74) is 6.43. The molecule has 0 bridgehead atoms. The third kappa shape index (κ3) is 4.92. The van der Waals surface area contributed by atoms with E-state index in [1.54, 1.807) is 6.07 Å². The summed E-state index contributed by atoms with van der Waals surface area (Å²) in [7, 11) is 0. The van der Waals surface area contributed by atoms with E-state index < -0.39 is 11.6 Å². The van der Waals surface area contributed by atoms with Crippen LogP contribution >= 0.6 is 12.4 Å². The molecular weight excluding hydrogens is 310 g/mol. The lowest BCUT2D eigenvalue weighted by Gasteiger charge is -2.35. The molecule has 1 aromatic rings. The van der Waals surface area contributed by atoms with Crippen molar-refractivity contribution in [2.75, 3.05) is 13.1 Å². The molecule has 2 N–H and O–H groups in total. The van der Waals surface area contributed by atoms with Crippen molar-refractivity contribution < 1.29 is 13.6 Å². The Hall–Kier alpha value is -1.20. The van der Waals surface area contributed by atoms with E-state index in [0.29, 0.717) is 25.8 Å². The maximum absolute atomic E-state index is 13.1. The Morgan fingerprint density at radius 2 is 2.05 bits per heavy atom. The lowest BCUT2D eigenvalue weighted by Crippen LogP contribution is -2.47. The number of benzene rings is 1. The van der Waals surface area contributed by atoms with E-state index in [1.165, 1.54) is 6.07 Å². The van der Waals surface area contributed by atoms with Gasteiger partial charge in [0.2, 0.25) is 5.91 Å². The minimum Gasteiger partial charge on any atom is -0.338 e. The van der Waals surface area contributed by atoms with Crippen LogP contribution in [0.1, 0.15) is 37.7 Å². The van der Waals surface area contributed by atoms with E-state index in [9.17, 15) is 13.6 Å². The fraction of sp³-hybridized carbons (Fsp3) is 0.562. The molecule has 1 heterocycles. The van der Waals surface area contributed by atoms with Gasteiger partial charge >= 0.3 is 0 Å². The maximum atomic E-state index is 13.1. The Morgan fingerprint density at radius 1 is 1.27 bits per heavy atom. The van der Waals surface area contributed by atoms with Gasteiger partial charge in [0.1, 0.15) is 0 Å². The average Bonchev–Trinajstić information content (AvgIpc) is 2.50. The van der Waals surface area contributed by atoms with Crippen LogP contribution in [-0.4, -0.2) is 29.9 Å². The second-order valence-electron chi connectivity index (χ2n) is 5.57. The molecular formula is C16H23ClF2N2O. The van der Waals surface area contributed by atoms with Crippen molar-refractivity contribution in [2.45, 2.75) is 44.6 Å². The fourth-order valence-electron chi connectivity index (χ4n) is 2.86. The molecule has 0 spiro atoms. The van der Waals surface area contributed by atoms with Crippen molar-refractivity contribution in [1.29, 1.82) is 0 Å². The number of carbonyl (C=O) groups excluding carboxylic acids is 1. The monoisotopic (exact) mass is 332 g/mol. The van der Waals surface area contributed by atoms with Crippen LogP contribution in [0.25, 0.3) is 0 Å². The van der Waals surface area contributed by atoms with Crippen LogP contribution < -0.4 is 5.73 Å². The summed E-state index contributed by atoms with van der Waals surface area (Å²) in [4.78, 5) is 14.1. The molecule has 0 aliphatic carbocycles. The number of piperidine rings is 1. The Morgan fingerprint density at radius 3 is 2.73 bits per heavy atom. The first-order valence-corrected chi connectivity index (χ1v) is 7.55. The molecule has 22 heavy (non-hydrogen) atoms. The van der Waals surface area contributed by atoms with Gasteiger partial charge in [0, 0.05) is 25.6 Å². The largest absolute Gasteiger partial charge is 0.338 e. The zero-order valence-electron chi connectivity index (χ0n) is 12.6. The zero-order valence-corrected chi connectivity index (χ0v) is 13.4. The highest BCUT2D eigenvalue weighted by Crippen LogP contribution is 2.18. The summed E-state index contributed by atoms with van der Waals surface area (Å²) in [6.07, 6.45) is 4.77. The van der Waals surface area contributed by atoms with Crippen LogP contribution in [0.4, 0.5) is 8.78 Å². The van der Waals surface area contributed by atoms with Crippen LogP contribution in [0, 0.1) is 11.6 Å². The summed E-state index contributed by atoms with van der Waals surface area (Å²) in [6.45, 7) is 1.29. The molecule has 1 aliphatic heterocycles. The molecule has 124 valence electrons. The summed E-state index contributed by atoms with van der Waals surface area (Å²) < 4.78 is 25.9. The Labute approximate surface area is 136 Å². The molecule has 0 aromatic heterocycles. The summed E-state index contributed by atoms with van der Waals surface area (Å²) in [5.74, 6) is -1.56. The van der Waals surface area contributed by atoms with Gasteiger partial charge in [0.25, 0.3) is 0 Å². The molecule has 6 heteroatoms. The van der Waals surface area contributed by atoms with Crippen molar-refractivity contribution in [3.05, 3.63) is 35.4 Å². The van der Waals surface area contributed by atoms with Crippen LogP contribution in [0.15, 0.2) is 18.2 Å². The first-order chi connectivity index (χ1) is 10.1. The molecule has 1 atom stereocenters.